The molecule has 0 N–H and O–H groups in total. The third-order valence-corrected chi connectivity index (χ3v) is 9.66. The van der Waals surface area contributed by atoms with Crippen LogP contribution in [0.3, 0.4) is 0 Å². The van der Waals surface area contributed by atoms with Crippen molar-refractivity contribution in [1.82, 2.24) is 0 Å². The summed E-state index contributed by atoms with van der Waals surface area (Å²) in [6.07, 6.45) is 0. The minimum atomic E-state index is -3.05. The molecule has 2 amide bonds. The van der Waals surface area contributed by atoms with Gasteiger partial charge in [0.05, 0.1) is 0 Å². The predicted octanol–water partition coefficient (Wildman–Crippen LogP) is 4.57. The van der Waals surface area contributed by atoms with E-state index in [0.29, 0.717) is 56.0 Å². The van der Waals surface area contributed by atoms with Crippen LogP contribution in [0, 0.1) is 0 Å². The Bertz CT molecular complexity index is 1420. The van der Waals surface area contributed by atoms with Gasteiger partial charge < -0.3 is 0 Å². The summed E-state index contributed by atoms with van der Waals surface area (Å²) < 4.78 is 25.8. The molecule has 0 bridgehead atoms. The van der Waals surface area contributed by atoms with E-state index in [4.69, 9.17) is 9.47 Å². The van der Waals surface area contributed by atoms with Gasteiger partial charge in [-0.25, -0.2) is 0 Å². The number of ether oxygens (including phenoxy) is 2. The topological polar surface area (TPSA) is 76.2 Å². The molecule has 4 rings (SSSR count). The Morgan fingerprint density at radius 2 is 1.02 bits per heavy atom. The number of carbonyl (C=O) groups excluding carboxylic acids is 2. The molecule has 0 spiro atoms. The van der Waals surface area contributed by atoms with Gasteiger partial charge >= 0.3 is 239 Å². The van der Waals surface area contributed by atoms with Crippen molar-refractivity contribution in [2.75, 3.05) is 37.1 Å². The molecule has 0 aromatic heterocycles. The molecule has 0 heterocycles. The summed E-state index contributed by atoms with van der Waals surface area (Å²) in [5.41, 5.74) is 2.04. The molecule has 40 heavy (non-hydrogen) atoms. The molecule has 0 radical (unpaired) electrons. The molecular formula is C32H32N2O5Se. The van der Waals surface area contributed by atoms with E-state index in [-0.39, 0.29) is 11.8 Å². The summed E-state index contributed by atoms with van der Waals surface area (Å²) in [7, 11) is 3.15. The van der Waals surface area contributed by atoms with E-state index in [0.717, 1.165) is 0 Å². The molecule has 0 saturated carbocycles. The summed E-state index contributed by atoms with van der Waals surface area (Å²) in [4.78, 5) is 30.9. The number of methoxy groups -OCH3 is 2. The van der Waals surface area contributed by atoms with Crippen LogP contribution in [0.4, 0.5) is 11.4 Å². The first kappa shape index (κ1) is 28.7. The monoisotopic (exact) mass is 604 g/mol. The van der Waals surface area contributed by atoms with Crippen molar-refractivity contribution in [3.05, 3.63) is 108 Å². The number of nitrogens with zero attached hydrogens (tertiary/aromatic N) is 2. The van der Waals surface area contributed by atoms with Crippen molar-refractivity contribution in [1.29, 1.82) is 0 Å². The molecule has 4 aromatic carbocycles. The van der Waals surface area contributed by atoms with E-state index in [1.807, 2.05) is 50.2 Å². The predicted molar refractivity (Wildman–Crippen MR) is 159 cm³/mol. The second kappa shape index (κ2) is 13.2. The van der Waals surface area contributed by atoms with Gasteiger partial charge in [-0.15, -0.1) is 0 Å². The summed E-state index contributed by atoms with van der Waals surface area (Å²) >= 11 is -3.05. The number of rotatable bonds is 10. The van der Waals surface area contributed by atoms with Crippen molar-refractivity contribution in [3.8, 4) is 11.5 Å². The van der Waals surface area contributed by atoms with E-state index in [9.17, 15) is 13.4 Å². The van der Waals surface area contributed by atoms with Crippen molar-refractivity contribution in [2.45, 2.75) is 13.8 Å². The maximum absolute atomic E-state index is 14.2. The fraction of sp³-hybridized carbons (Fsp3) is 0.188. The first-order valence-electron chi connectivity index (χ1n) is 12.9. The quantitative estimate of drug-likeness (QED) is 0.248. The van der Waals surface area contributed by atoms with Gasteiger partial charge in [-0.2, -0.15) is 0 Å². The Morgan fingerprint density at radius 3 is 1.40 bits per heavy atom. The molecule has 8 heteroatoms. The molecule has 206 valence electrons. The summed E-state index contributed by atoms with van der Waals surface area (Å²) in [5, 5.41) is 0. The summed E-state index contributed by atoms with van der Waals surface area (Å²) in [6.45, 7) is 4.59. The Labute approximate surface area is 239 Å². The average Bonchev–Trinajstić information content (AvgIpc) is 3.01. The molecule has 0 atom stereocenters. The molecule has 0 unspecified atom stereocenters. The van der Waals surface area contributed by atoms with Crippen molar-refractivity contribution in [3.63, 3.8) is 0 Å². The standard InChI is InChI=1S/C32H32N2O5Se/c1-5-33(23-13-11-15-25(21-23)38-3)31(35)27-17-7-9-19-29(27)40(37)30-20-10-8-18-28(30)32(36)34(6-2)24-14-12-16-26(22-24)39-4/h7-22H,5-6H2,1-4H3. The summed E-state index contributed by atoms with van der Waals surface area (Å²) in [5.74, 6) is 0.727. The van der Waals surface area contributed by atoms with Crippen LogP contribution < -0.4 is 28.2 Å². The van der Waals surface area contributed by atoms with Gasteiger partial charge in [0.1, 0.15) is 0 Å². The molecule has 0 fully saturated rings. The summed E-state index contributed by atoms with van der Waals surface area (Å²) in [6, 6.07) is 28.4. The Kier molecular flexibility index (Phi) is 9.48. The van der Waals surface area contributed by atoms with Crippen LogP contribution in [-0.4, -0.2) is 53.0 Å². The first-order valence-corrected chi connectivity index (χ1v) is 15.4. The van der Waals surface area contributed by atoms with Crippen LogP contribution in [0.25, 0.3) is 0 Å². The second-order valence-electron chi connectivity index (χ2n) is 8.76. The average molecular weight is 604 g/mol. The molecule has 7 nitrogen and oxygen atoms in total. The molecule has 0 saturated heterocycles. The zero-order valence-electron chi connectivity index (χ0n) is 23.0. The van der Waals surface area contributed by atoms with Gasteiger partial charge in [-0.1, -0.05) is 0 Å². The molecule has 0 aliphatic carbocycles. The van der Waals surface area contributed by atoms with E-state index in [1.54, 1.807) is 84.7 Å². The zero-order chi connectivity index (χ0) is 28.6. The van der Waals surface area contributed by atoms with Gasteiger partial charge in [-0.3, -0.25) is 0 Å². The third kappa shape index (κ3) is 5.98. The SMILES string of the molecule is CCN(C(=O)c1ccccc1[Se](=O)c1ccccc1C(=O)N(CC)c1cccc(OC)c1)c1cccc(OC)c1. The number of amides is 2. The second-order valence-corrected chi connectivity index (χ2v) is 11.7. The van der Waals surface area contributed by atoms with Crippen LogP contribution in [0.5, 0.6) is 11.5 Å². The van der Waals surface area contributed by atoms with E-state index < -0.39 is 13.8 Å². The van der Waals surface area contributed by atoms with Crippen molar-refractivity contribution in [2.24, 2.45) is 0 Å². The Hall–Kier alpha value is -4.26. The zero-order valence-corrected chi connectivity index (χ0v) is 24.7. The maximum atomic E-state index is 14.2. The van der Waals surface area contributed by atoms with Crippen molar-refractivity contribution >= 4 is 45.9 Å². The molecule has 0 aliphatic heterocycles. The number of benzene rings is 4. The third-order valence-electron chi connectivity index (χ3n) is 6.49. The Balaban J connectivity index is 1.73. The molecular weight excluding hydrogens is 571 g/mol. The van der Waals surface area contributed by atoms with E-state index in [2.05, 4.69) is 0 Å². The normalized spacial score (nSPS) is 10.7. The first-order chi connectivity index (χ1) is 19.4. The van der Waals surface area contributed by atoms with Gasteiger partial charge in [0, 0.05) is 0 Å². The number of anilines is 2. The number of hydrogen-bond acceptors (Lipinski definition) is 5. The molecule has 0 aliphatic rings. The minimum absolute atomic E-state index is 0.272. The van der Waals surface area contributed by atoms with E-state index >= 15 is 0 Å². The van der Waals surface area contributed by atoms with Crippen molar-refractivity contribution < 1.29 is 22.9 Å². The van der Waals surface area contributed by atoms with Gasteiger partial charge in [-0.05, 0) is 0 Å². The number of carbonyl (C=O) groups is 2. The van der Waals surface area contributed by atoms with Gasteiger partial charge in [0.2, 0.25) is 0 Å². The van der Waals surface area contributed by atoms with Gasteiger partial charge in [0.15, 0.2) is 0 Å². The van der Waals surface area contributed by atoms with Crippen LogP contribution in [0.1, 0.15) is 34.6 Å². The molecule has 4 aromatic rings. The van der Waals surface area contributed by atoms with Crippen LogP contribution in [0.2, 0.25) is 0 Å². The van der Waals surface area contributed by atoms with Crippen LogP contribution in [0.15, 0.2) is 97.1 Å². The van der Waals surface area contributed by atoms with Gasteiger partial charge in [0.25, 0.3) is 0 Å². The number of hydrogen-bond donors (Lipinski definition) is 0. The fourth-order valence-corrected chi connectivity index (χ4v) is 7.30. The fourth-order valence-electron chi connectivity index (χ4n) is 4.46. The van der Waals surface area contributed by atoms with Crippen LogP contribution >= 0.6 is 0 Å². The van der Waals surface area contributed by atoms with Crippen LogP contribution in [-0.2, 0) is 3.83 Å². The Morgan fingerprint density at radius 1 is 0.625 bits per heavy atom. The van der Waals surface area contributed by atoms with E-state index in [1.165, 1.54) is 0 Å².